The summed E-state index contributed by atoms with van der Waals surface area (Å²) in [6.07, 6.45) is 3.71. The Morgan fingerprint density at radius 1 is 0.870 bits per heavy atom. The highest BCUT2D eigenvalue weighted by Gasteiger charge is 2.15. The lowest BCUT2D eigenvalue weighted by Gasteiger charge is -2.28. The molecule has 2 aromatic carbocycles. The van der Waals surface area contributed by atoms with Crippen LogP contribution in [0.15, 0.2) is 53.4 Å². The van der Waals surface area contributed by atoms with Gasteiger partial charge in [0, 0.05) is 29.5 Å². The van der Waals surface area contributed by atoms with Crippen LogP contribution in [0.5, 0.6) is 0 Å². The van der Waals surface area contributed by atoms with Gasteiger partial charge in [0.15, 0.2) is 0 Å². The Bertz CT molecular complexity index is 752. The number of anilines is 2. The molecule has 3 rings (SSSR count). The van der Waals surface area contributed by atoms with Crippen LogP contribution < -0.4 is 9.62 Å². The Hall–Kier alpha value is -1.72. The quantitative estimate of drug-likeness (QED) is 0.901. The molecule has 2 aromatic rings. The van der Waals surface area contributed by atoms with Crippen LogP contribution in [0.2, 0.25) is 5.02 Å². The molecule has 1 N–H and O–H groups in total. The molecule has 0 saturated carbocycles. The van der Waals surface area contributed by atoms with Crippen molar-refractivity contribution in [2.75, 3.05) is 22.7 Å². The van der Waals surface area contributed by atoms with Crippen molar-refractivity contribution >= 4 is 33.0 Å². The fraction of sp³-hybridized carbons (Fsp3) is 0.294. The predicted octanol–water partition coefficient (Wildman–Crippen LogP) is 4.13. The summed E-state index contributed by atoms with van der Waals surface area (Å²) in [4.78, 5) is 2.53. The molecule has 0 bridgehead atoms. The zero-order chi connectivity index (χ0) is 16.3. The van der Waals surface area contributed by atoms with Gasteiger partial charge in [0.1, 0.15) is 0 Å². The Kier molecular flexibility index (Phi) is 4.78. The highest BCUT2D eigenvalue weighted by atomic mass is 35.5. The van der Waals surface area contributed by atoms with Crippen molar-refractivity contribution in [2.45, 2.75) is 24.2 Å². The predicted molar refractivity (Wildman–Crippen MR) is 94.8 cm³/mol. The lowest BCUT2D eigenvalue weighted by molar-refractivity contribution is 0.578. The standard InChI is InChI=1S/C17H19ClN2O2S/c18-14-4-10-17(11-5-14)23(21,22)19-15-6-8-16(9-7-15)20-12-2-1-3-13-20/h4-11,19H,1-3,12-13H2. The van der Waals surface area contributed by atoms with E-state index in [2.05, 4.69) is 9.62 Å². The highest BCUT2D eigenvalue weighted by Crippen LogP contribution is 2.23. The van der Waals surface area contributed by atoms with E-state index in [-0.39, 0.29) is 4.90 Å². The minimum absolute atomic E-state index is 0.196. The summed E-state index contributed by atoms with van der Waals surface area (Å²) in [5.41, 5.74) is 1.69. The van der Waals surface area contributed by atoms with E-state index in [1.165, 1.54) is 31.4 Å². The Morgan fingerprint density at radius 2 is 1.48 bits per heavy atom. The third-order valence-electron chi connectivity index (χ3n) is 3.96. The van der Waals surface area contributed by atoms with Gasteiger partial charge in [0.2, 0.25) is 0 Å². The van der Waals surface area contributed by atoms with Crippen LogP contribution in [0.4, 0.5) is 11.4 Å². The summed E-state index contributed by atoms with van der Waals surface area (Å²) in [5.74, 6) is 0. The molecule has 0 amide bonds. The molecule has 0 atom stereocenters. The van der Waals surface area contributed by atoms with Gasteiger partial charge in [-0.25, -0.2) is 8.42 Å². The molecule has 1 saturated heterocycles. The molecule has 0 spiro atoms. The lowest BCUT2D eigenvalue weighted by atomic mass is 10.1. The van der Waals surface area contributed by atoms with Gasteiger partial charge in [-0.1, -0.05) is 11.6 Å². The molecule has 0 radical (unpaired) electrons. The van der Waals surface area contributed by atoms with E-state index in [0.29, 0.717) is 10.7 Å². The number of hydrogen-bond donors (Lipinski definition) is 1. The van der Waals surface area contributed by atoms with Gasteiger partial charge in [0.05, 0.1) is 4.90 Å². The Labute approximate surface area is 142 Å². The lowest BCUT2D eigenvalue weighted by Crippen LogP contribution is -2.29. The fourth-order valence-electron chi connectivity index (χ4n) is 2.72. The first-order valence-electron chi connectivity index (χ1n) is 7.68. The third kappa shape index (κ3) is 3.98. The molecule has 6 heteroatoms. The maximum absolute atomic E-state index is 12.3. The summed E-state index contributed by atoms with van der Waals surface area (Å²) in [6.45, 7) is 2.13. The van der Waals surface area contributed by atoms with Crippen LogP contribution >= 0.6 is 11.6 Å². The van der Waals surface area contributed by atoms with Crippen molar-refractivity contribution in [1.29, 1.82) is 0 Å². The van der Waals surface area contributed by atoms with Crippen molar-refractivity contribution in [3.63, 3.8) is 0 Å². The highest BCUT2D eigenvalue weighted by molar-refractivity contribution is 7.92. The van der Waals surface area contributed by atoms with Gasteiger partial charge in [-0.05, 0) is 67.8 Å². The second kappa shape index (κ2) is 6.81. The van der Waals surface area contributed by atoms with Crippen LogP contribution in [0.25, 0.3) is 0 Å². The number of sulfonamides is 1. The molecule has 1 heterocycles. The first kappa shape index (κ1) is 16.1. The van der Waals surface area contributed by atoms with E-state index >= 15 is 0 Å². The molecular formula is C17H19ClN2O2S. The number of hydrogen-bond acceptors (Lipinski definition) is 3. The first-order chi connectivity index (χ1) is 11.0. The number of halogens is 1. The van der Waals surface area contributed by atoms with E-state index in [0.717, 1.165) is 18.8 Å². The van der Waals surface area contributed by atoms with E-state index in [1.54, 1.807) is 24.3 Å². The summed E-state index contributed by atoms with van der Waals surface area (Å²) in [7, 11) is -3.59. The third-order valence-corrected chi connectivity index (χ3v) is 5.61. The average molecular weight is 351 g/mol. The van der Waals surface area contributed by atoms with Crippen LogP contribution in [0, 0.1) is 0 Å². The second-order valence-corrected chi connectivity index (χ2v) is 7.77. The van der Waals surface area contributed by atoms with Gasteiger partial charge in [-0.3, -0.25) is 4.72 Å². The number of nitrogens with one attached hydrogen (secondary N) is 1. The molecule has 122 valence electrons. The number of benzene rings is 2. The smallest absolute Gasteiger partial charge is 0.261 e. The van der Waals surface area contributed by atoms with Crippen LogP contribution in [-0.2, 0) is 10.0 Å². The molecule has 1 aliphatic heterocycles. The fourth-order valence-corrected chi connectivity index (χ4v) is 3.90. The minimum Gasteiger partial charge on any atom is -0.372 e. The molecule has 4 nitrogen and oxygen atoms in total. The monoisotopic (exact) mass is 350 g/mol. The van der Waals surface area contributed by atoms with Gasteiger partial charge < -0.3 is 4.90 Å². The molecule has 0 aliphatic carbocycles. The SMILES string of the molecule is O=S(=O)(Nc1ccc(N2CCCCC2)cc1)c1ccc(Cl)cc1. The van der Waals surface area contributed by atoms with Crippen molar-refractivity contribution in [2.24, 2.45) is 0 Å². The van der Waals surface area contributed by atoms with E-state index in [9.17, 15) is 8.42 Å². The van der Waals surface area contributed by atoms with Gasteiger partial charge in [-0.2, -0.15) is 0 Å². The second-order valence-electron chi connectivity index (χ2n) is 5.65. The normalized spacial score (nSPS) is 15.4. The van der Waals surface area contributed by atoms with Gasteiger partial charge in [0.25, 0.3) is 10.0 Å². The molecule has 0 unspecified atom stereocenters. The zero-order valence-electron chi connectivity index (χ0n) is 12.7. The van der Waals surface area contributed by atoms with Gasteiger partial charge >= 0.3 is 0 Å². The summed E-state index contributed by atoms with van der Waals surface area (Å²) in [5, 5.41) is 0.509. The number of piperidine rings is 1. The largest absolute Gasteiger partial charge is 0.372 e. The Morgan fingerprint density at radius 3 is 2.09 bits per heavy atom. The van der Waals surface area contributed by atoms with Crippen LogP contribution in [0.3, 0.4) is 0 Å². The summed E-state index contributed by atoms with van der Waals surface area (Å²) < 4.78 is 27.3. The van der Waals surface area contributed by atoms with Crippen LogP contribution in [-0.4, -0.2) is 21.5 Å². The van der Waals surface area contributed by atoms with E-state index in [4.69, 9.17) is 11.6 Å². The molecular weight excluding hydrogens is 332 g/mol. The maximum atomic E-state index is 12.3. The topological polar surface area (TPSA) is 49.4 Å². The van der Waals surface area contributed by atoms with Crippen molar-refractivity contribution in [1.82, 2.24) is 0 Å². The first-order valence-corrected chi connectivity index (χ1v) is 9.54. The van der Waals surface area contributed by atoms with Crippen molar-refractivity contribution < 1.29 is 8.42 Å². The minimum atomic E-state index is -3.59. The molecule has 0 aromatic heterocycles. The van der Waals surface area contributed by atoms with Crippen molar-refractivity contribution in [3.8, 4) is 0 Å². The van der Waals surface area contributed by atoms with Crippen molar-refractivity contribution in [3.05, 3.63) is 53.6 Å². The Balaban J connectivity index is 1.73. The molecule has 1 fully saturated rings. The molecule has 23 heavy (non-hydrogen) atoms. The maximum Gasteiger partial charge on any atom is 0.261 e. The van der Waals surface area contributed by atoms with Gasteiger partial charge in [-0.15, -0.1) is 0 Å². The summed E-state index contributed by atoms with van der Waals surface area (Å²) >= 11 is 5.79. The average Bonchev–Trinajstić information content (AvgIpc) is 2.56. The van der Waals surface area contributed by atoms with Crippen LogP contribution in [0.1, 0.15) is 19.3 Å². The number of nitrogens with zero attached hydrogens (tertiary/aromatic N) is 1. The zero-order valence-corrected chi connectivity index (χ0v) is 14.3. The van der Waals surface area contributed by atoms with E-state index in [1.807, 2.05) is 12.1 Å². The molecule has 1 aliphatic rings. The summed E-state index contributed by atoms with van der Waals surface area (Å²) in [6, 6.07) is 13.6. The number of rotatable bonds is 4. The van der Waals surface area contributed by atoms with E-state index < -0.39 is 10.0 Å².